The van der Waals surface area contributed by atoms with Gasteiger partial charge in [-0.25, -0.2) is 0 Å². The highest BCUT2D eigenvalue weighted by molar-refractivity contribution is 5.47. The van der Waals surface area contributed by atoms with Gasteiger partial charge in [-0.15, -0.1) is 0 Å². The maximum absolute atomic E-state index is 4.31. The molecule has 0 aliphatic rings. The van der Waals surface area contributed by atoms with Gasteiger partial charge in [-0.3, -0.25) is 14.9 Å². The Bertz CT molecular complexity index is 480. The molecule has 18 heavy (non-hydrogen) atoms. The highest BCUT2D eigenvalue weighted by Gasteiger charge is 1.98. The van der Waals surface area contributed by atoms with Crippen LogP contribution in [0, 0.1) is 0 Å². The predicted molar refractivity (Wildman–Crippen MR) is 73.8 cm³/mol. The van der Waals surface area contributed by atoms with Gasteiger partial charge in [0.05, 0.1) is 5.69 Å². The molecular weight excluding hydrogens is 222 g/mol. The molecule has 0 saturated carbocycles. The molecule has 0 atom stereocenters. The van der Waals surface area contributed by atoms with E-state index < -0.39 is 0 Å². The molecule has 0 spiro atoms. The van der Waals surface area contributed by atoms with Gasteiger partial charge in [0, 0.05) is 31.7 Å². The molecule has 0 saturated heterocycles. The molecule has 2 rings (SSSR count). The van der Waals surface area contributed by atoms with Gasteiger partial charge in [-0.05, 0) is 36.9 Å². The molecule has 3 nitrogen and oxygen atoms in total. The Morgan fingerprint density at radius 2 is 1.94 bits per heavy atom. The van der Waals surface area contributed by atoms with Crippen molar-refractivity contribution in [1.82, 2.24) is 14.9 Å². The highest BCUT2D eigenvalue weighted by Crippen LogP contribution is 2.01. The fraction of sp³-hybridized carbons (Fsp3) is 0.200. The Hall–Kier alpha value is -2.00. The number of pyridine rings is 2. The molecule has 2 heterocycles. The molecule has 0 radical (unpaired) electrons. The number of hydrogen-bond acceptors (Lipinski definition) is 3. The Balaban J connectivity index is 1.82. The molecule has 0 fully saturated rings. The average Bonchev–Trinajstić information content (AvgIpc) is 2.41. The smallest absolute Gasteiger partial charge is 0.0543 e. The lowest BCUT2D eigenvalue weighted by Gasteiger charge is -2.13. The summed E-state index contributed by atoms with van der Waals surface area (Å²) in [6.45, 7) is 1.76. The number of rotatable bonds is 5. The van der Waals surface area contributed by atoms with Crippen molar-refractivity contribution in [2.24, 2.45) is 0 Å². The third kappa shape index (κ3) is 4.11. The van der Waals surface area contributed by atoms with Gasteiger partial charge in [0.25, 0.3) is 0 Å². The number of nitrogens with zero attached hydrogens (tertiary/aromatic N) is 3. The number of aromatic nitrogens is 2. The SMILES string of the molecule is CN(CC=Cc1ccncc1)Cc1ccccn1. The van der Waals surface area contributed by atoms with Crippen molar-refractivity contribution in [2.45, 2.75) is 6.54 Å². The van der Waals surface area contributed by atoms with Crippen molar-refractivity contribution in [2.75, 3.05) is 13.6 Å². The third-order valence-corrected chi connectivity index (χ3v) is 2.59. The maximum atomic E-state index is 4.31. The van der Waals surface area contributed by atoms with E-state index in [9.17, 15) is 0 Å². The monoisotopic (exact) mass is 239 g/mol. The van der Waals surface area contributed by atoms with Crippen LogP contribution in [0.5, 0.6) is 0 Å². The minimum absolute atomic E-state index is 0.863. The fourth-order valence-corrected chi connectivity index (χ4v) is 1.68. The highest BCUT2D eigenvalue weighted by atomic mass is 15.1. The molecule has 0 aliphatic heterocycles. The van der Waals surface area contributed by atoms with Crippen LogP contribution in [-0.4, -0.2) is 28.5 Å². The zero-order chi connectivity index (χ0) is 12.6. The van der Waals surface area contributed by atoms with Crippen molar-refractivity contribution in [3.05, 3.63) is 66.3 Å². The largest absolute Gasteiger partial charge is 0.297 e. The summed E-state index contributed by atoms with van der Waals surface area (Å²) in [5.74, 6) is 0. The molecule has 0 unspecified atom stereocenters. The van der Waals surface area contributed by atoms with E-state index in [1.54, 1.807) is 12.4 Å². The normalized spacial score (nSPS) is 11.2. The molecule has 2 aromatic heterocycles. The van der Waals surface area contributed by atoms with E-state index in [2.05, 4.69) is 34.1 Å². The predicted octanol–water partition coefficient (Wildman–Crippen LogP) is 2.62. The minimum atomic E-state index is 0.863. The second-order valence-corrected chi connectivity index (χ2v) is 4.20. The molecule has 0 aromatic carbocycles. The van der Waals surface area contributed by atoms with Gasteiger partial charge in [-0.1, -0.05) is 18.2 Å². The topological polar surface area (TPSA) is 29.0 Å². The lowest BCUT2D eigenvalue weighted by molar-refractivity contribution is 0.359. The number of likely N-dealkylation sites (N-methyl/N-ethyl adjacent to an activating group) is 1. The molecule has 0 N–H and O–H groups in total. The summed E-state index contributed by atoms with van der Waals surface area (Å²) < 4.78 is 0. The van der Waals surface area contributed by atoms with Crippen LogP contribution in [-0.2, 0) is 6.54 Å². The summed E-state index contributed by atoms with van der Waals surface area (Å²) in [5.41, 5.74) is 2.27. The quantitative estimate of drug-likeness (QED) is 0.803. The third-order valence-electron chi connectivity index (χ3n) is 2.59. The van der Waals surface area contributed by atoms with Gasteiger partial charge in [0.2, 0.25) is 0 Å². The Labute approximate surface area is 108 Å². The Morgan fingerprint density at radius 3 is 2.67 bits per heavy atom. The summed E-state index contributed by atoms with van der Waals surface area (Å²) in [7, 11) is 2.09. The van der Waals surface area contributed by atoms with Crippen LogP contribution in [0.3, 0.4) is 0 Å². The maximum Gasteiger partial charge on any atom is 0.0543 e. The van der Waals surface area contributed by atoms with E-state index in [1.807, 2.05) is 36.5 Å². The van der Waals surface area contributed by atoms with E-state index >= 15 is 0 Å². The zero-order valence-corrected chi connectivity index (χ0v) is 10.5. The van der Waals surface area contributed by atoms with E-state index in [4.69, 9.17) is 0 Å². The van der Waals surface area contributed by atoms with Gasteiger partial charge in [0.15, 0.2) is 0 Å². The lowest BCUT2D eigenvalue weighted by atomic mass is 10.2. The van der Waals surface area contributed by atoms with Crippen molar-refractivity contribution < 1.29 is 0 Å². The van der Waals surface area contributed by atoms with Crippen LogP contribution in [0.25, 0.3) is 6.08 Å². The fourth-order valence-electron chi connectivity index (χ4n) is 1.68. The number of hydrogen-bond donors (Lipinski definition) is 0. The van der Waals surface area contributed by atoms with Crippen LogP contribution in [0.15, 0.2) is 55.0 Å². The first-order valence-electron chi connectivity index (χ1n) is 5.99. The van der Waals surface area contributed by atoms with Crippen LogP contribution >= 0.6 is 0 Å². The second-order valence-electron chi connectivity index (χ2n) is 4.20. The van der Waals surface area contributed by atoms with E-state index in [0.29, 0.717) is 0 Å². The van der Waals surface area contributed by atoms with Crippen molar-refractivity contribution in [1.29, 1.82) is 0 Å². The molecule has 3 heteroatoms. The molecule has 0 amide bonds. The Morgan fingerprint density at radius 1 is 1.11 bits per heavy atom. The van der Waals surface area contributed by atoms with Crippen molar-refractivity contribution >= 4 is 6.08 Å². The molecule has 2 aromatic rings. The summed E-state index contributed by atoms with van der Waals surface area (Å²) in [6, 6.07) is 9.99. The summed E-state index contributed by atoms with van der Waals surface area (Å²) in [6.07, 6.45) is 9.69. The van der Waals surface area contributed by atoms with Crippen LogP contribution < -0.4 is 0 Å². The summed E-state index contributed by atoms with van der Waals surface area (Å²) in [5, 5.41) is 0. The molecule has 92 valence electrons. The molecular formula is C15H17N3. The van der Waals surface area contributed by atoms with Gasteiger partial charge >= 0.3 is 0 Å². The van der Waals surface area contributed by atoms with E-state index in [1.165, 1.54) is 5.56 Å². The zero-order valence-electron chi connectivity index (χ0n) is 10.5. The summed E-state index contributed by atoms with van der Waals surface area (Å²) in [4.78, 5) is 10.5. The van der Waals surface area contributed by atoms with Crippen molar-refractivity contribution in [3.63, 3.8) is 0 Å². The van der Waals surface area contributed by atoms with Crippen LogP contribution in [0.4, 0.5) is 0 Å². The molecule has 0 aliphatic carbocycles. The van der Waals surface area contributed by atoms with Crippen LogP contribution in [0.1, 0.15) is 11.3 Å². The van der Waals surface area contributed by atoms with Crippen LogP contribution in [0.2, 0.25) is 0 Å². The second kappa shape index (κ2) is 6.67. The lowest BCUT2D eigenvalue weighted by Crippen LogP contribution is -2.18. The average molecular weight is 239 g/mol. The van der Waals surface area contributed by atoms with Crippen molar-refractivity contribution in [3.8, 4) is 0 Å². The minimum Gasteiger partial charge on any atom is -0.297 e. The summed E-state index contributed by atoms with van der Waals surface area (Å²) >= 11 is 0. The Kier molecular flexibility index (Phi) is 4.61. The standard InChI is InChI=1S/C15H17N3/c1-18(13-15-6-2-3-9-17-15)12-4-5-14-7-10-16-11-8-14/h2-11H,12-13H2,1H3. The first kappa shape index (κ1) is 12.5. The first-order valence-corrected chi connectivity index (χ1v) is 5.99. The molecule has 0 bridgehead atoms. The first-order chi connectivity index (χ1) is 8.84. The van der Waals surface area contributed by atoms with E-state index in [-0.39, 0.29) is 0 Å². The van der Waals surface area contributed by atoms with E-state index in [0.717, 1.165) is 18.8 Å². The van der Waals surface area contributed by atoms with Gasteiger partial charge in [0.1, 0.15) is 0 Å². The van der Waals surface area contributed by atoms with Gasteiger partial charge < -0.3 is 0 Å². The van der Waals surface area contributed by atoms with Gasteiger partial charge in [-0.2, -0.15) is 0 Å².